The zero-order chi connectivity index (χ0) is 19.4. The molecule has 3 aromatic rings. The molecule has 27 heavy (non-hydrogen) atoms. The second-order valence-corrected chi connectivity index (χ2v) is 6.99. The van der Waals surface area contributed by atoms with Gasteiger partial charge in [0, 0.05) is 24.9 Å². The van der Waals surface area contributed by atoms with Gasteiger partial charge in [0.15, 0.2) is 5.69 Å². The molecular weight excluding hydrogens is 415 g/mol. The number of nitrogens with one attached hydrogen (secondary N) is 2. The average molecular weight is 433 g/mol. The quantitative estimate of drug-likeness (QED) is 0.598. The minimum atomic E-state index is -0.378. The van der Waals surface area contributed by atoms with Crippen molar-refractivity contribution in [2.24, 2.45) is 0 Å². The predicted octanol–water partition coefficient (Wildman–Crippen LogP) is 4.55. The highest BCUT2D eigenvalue weighted by Crippen LogP contribution is 2.25. The number of amides is 1. The van der Waals surface area contributed by atoms with Gasteiger partial charge < -0.3 is 10.1 Å². The number of aromatic amines is 1. The molecule has 0 bridgehead atoms. The van der Waals surface area contributed by atoms with Crippen LogP contribution >= 0.6 is 15.9 Å². The van der Waals surface area contributed by atoms with Crippen LogP contribution < -0.4 is 10.1 Å². The van der Waals surface area contributed by atoms with Gasteiger partial charge in [-0.25, -0.2) is 9.37 Å². The number of hydrogen-bond donors (Lipinski definition) is 2. The number of halogens is 2. The van der Waals surface area contributed by atoms with Crippen LogP contribution in [0.25, 0.3) is 0 Å². The Hall–Kier alpha value is -2.74. The summed E-state index contributed by atoms with van der Waals surface area (Å²) >= 11 is 3.41. The monoisotopic (exact) mass is 432 g/mol. The number of carbonyl (C=O) groups excluding carboxylic acids is 1. The van der Waals surface area contributed by atoms with Crippen LogP contribution in [0.15, 0.2) is 47.1 Å². The molecule has 3 rings (SSSR count). The van der Waals surface area contributed by atoms with Crippen molar-refractivity contribution in [3.63, 3.8) is 0 Å². The van der Waals surface area contributed by atoms with E-state index in [0.29, 0.717) is 28.3 Å². The van der Waals surface area contributed by atoms with E-state index in [2.05, 4.69) is 36.4 Å². The maximum absolute atomic E-state index is 13.2. The van der Waals surface area contributed by atoms with Gasteiger partial charge in [0.1, 0.15) is 11.6 Å². The molecule has 0 aliphatic carbocycles. The van der Waals surface area contributed by atoms with E-state index in [1.807, 2.05) is 13.8 Å². The van der Waals surface area contributed by atoms with E-state index in [0.717, 1.165) is 11.3 Å². The molecule has 8 heteroatoms. The van der Waals surface area contributed by atoms with E-state index >= 15 is 0 Å². The summed E-state index contributed by atoms with van der Waals surface area (Å²) in [6, 6.07) is 9.27. The third-order valence-corrected chi connectivity index (χ3v) is 4.60. The molecule has 2 aromatic heterocycles. The molecule has 2 N–H and O–H groups in total. The second kappa shape index (κ2) is 8.30. The fraction of sp³-hybridized carbons (Fsp3) is 0.211. The lowest BCUT2D eigenvalue weighted by atomic mass is 10.1. The summed E-state index contributed by atoms with van der Waals surface area (Å²) < 4.78 is 19.3. The van der Waals surface area contributed by atoms with Crippen LogP contribution in [0.4, 0.5) is 4.39 Å². The van der Waals surface area contributed by atoms with Crippen molar-refractivity contribution in [2.75, 3.05) is 0 Å². The SMILES string of the molecule is CC(C)c1[nH]nc(C(=O)NCc2ccc(Oc3cccc(F)c3)nc2)c1Br. The second-order valence-electron chi connectivity index (χ2n) is 6.20. The number of carbonyl (C=O) groups is 1. The van der Waals surface area contributed by atoms with Crippen molar-refractivity contribution < 1.29 is 13.9 Å². The Morgan fingerprint density at radius 2 is 2.15 bits per heavy atom. The number of nitrogens with zero attached hydrogens (tertiary/aromatic N) is 2. The van der Waals surface area contributed by atoms with Crippen molar-refractivity contribution >= 4 is 21.8 Å². The third-order valence-electron chi connectivity index (χ3n) is 3.79. The first kappa shape index (κ1) is 19.0. The van der Waals surface area contributed by atoms with Gasteiger partial charge >= 0.3 is 0 Å². The Morgan fingerprint density at radius 1 is 1.33 bits per heavy atom. The predicted molar refractivity (Wildman–Crippen MR) is 102 cm³/mol. The minimum Gasteiger partial charge on any atom is -0.439 e. The lowest BCUT2D eigenvalue weighted by Gasteiger charge is -2.07. The van der Waals surface area contributed by atoms with Crippen LogP contribution in [0, 0.1) is 5.82 Å². The van der Waals surface area contributed by atoms with Gasteiger partial charge in [0.2, 0.25) is 5.88 Å². The molecule has 0 unspecified atom stereocenters. The molecule has 0 atom stereocenters. The summed E-state index contributed by atoms with van der Waals surface area (Å²) in [7, 11) is 0. The number of benzene rings is 1. The molecule has 2 heterocycles. The molecule has 6 nitrogen and oxygen atoms in total. The van der Waals surface area contributed by atoms with E-state index in [9.17, 15) is 9.18 Å². The summed E-state index contributed by atoms with van der Waals surface area (Å²) in [4.78, 5) is 16.5. The largest absolute Gasteiger partial charge is 0.439 e. The highest BCUT2D eigenvalue weighted by molar-refractivity contribution is 9.10. The summed E-state index contributed by atoms with van der Waals surface area (Å²) in [5.74, 6) is 0.269. The van der Waals surface area contributed by atoms with Crippen LogP contribution in [0.2, 0.25) is 0 Å². The lowest BCUT2D eigenvalue weighted by molar-refractivity contribution is 0.0945. The molecule has 1 amide bonds. The van der Waals surface area contributed by atoms with Crippen molar-refractivity contribution in [1.82, 2.24) is 20.5 Å². The van der Waals surface area contributed by atoms with Gasteiger partial charge in [-0.15, -0.1) is 0 Å². The normalized spacial score (nSPS) is 10.9. The number of H-pyrrole nitrogens is 1. The smallest absolute Gasteiger partial charge is 0.273 e. The molecule has 140 valence electrons. The van der Waals surface area contributed by atoms with Gasteiger partial charge in [0.25, 0.3) is 5.91 Å². The Labute approximate surface area is 164 Å². The lowest BCUT2D eigenvalue weighted by Crippen LogP contribution is -2.23. The van der Waals surface area contributed by atoms with E-state index < -0.39 is 0 Å². The van der Waals surface area contributed by atoms with Gasteiger partial charge in [-0.2, -0.15) is 5.10 Å². The van der Waals surface area contributed by atoms with Crippen molar-refractivity contribution in [3.8, 4) is 11.6 Å². The summed E-state index contributed by atoms with van der Waals surface area (Å²) in [6.45, 7) is 4.32. The highest BCUT2D eigenvalue weighted by Gasteiger charge is 2.19. The fourth-order valence-electron chi connectivity index (χ4n) is 2.37. The standard InChI is InChI=1S/C19H18BrFN4O2/c1-11(2)17-16(20)18(25-24-17)19(26)23-10-12-6-7-15(22-9-12)27-14-5-3-4-13(21)8-14/h3-9,11H,10H2,1-2H3,(H,23,26)(H,24,25). The van der Waals surface area contributed by atoms with Crippen LogP contribution in [-0.2, 0) is 6.54 Å². The number of rotatable bonds is 6. The highest BCUT2D eigenvalue weighted by atomic mass is 79.9. The first-order valence-electron chi connectivity index (χ1n) is 8.34. The molecule has 0 spiro atoms. The van der Waals surface area contributed by atoms with Gasteiger partial charge in [-0.1, -0.05) is 26.0 Å². The van der Waals surface area contributed by atoms with Crippen LogP contribution in [0.3, 0.4) is 0 Å². The Kier molecular flexibility index (Phi) is 5.85. The third kappa shape index (κ3) is 4.71. The Morgan fingerprint density at radius 3 is 2.78 bits per heavy atom. The van der Waals surface area contributed by atoms with Crippen LogP contribution in [0.5, 0.6) is 11.6 Å². The summed E-state index contributed by atoms with van der Waals surface area (Å²) in [6.07, 6.45) is 1.59. The molecule has 0 aliphatic heterocycles. The van der Waals surface area contributed by atoms with E-state index in [1.54, 1.807) is 30.5 Å². The van der Waals surface area contributed by atoms with Crippen molar-refractivity contribution in [1.29, 1.82) is 0 Å². The molecule has 1 aromatic carbocycles. The molecule has 0 radical (unpaired) electrons. The average Bonchev–Trinajstić information content (AvgIpc) is 3.03. The molecular formula is C19H18BrFN4O2. The maximum Gasteiger partial charge on any atom is 0.273 e. The molecule has 0 fully saturated rings. The zero-order valence-corrected chi connectivity index (χ0v) is 16.4. The summed E-state index contributed by atoms with van der Waals surface area (Å²) in [5.41, 5.74) is 1.99. The Bertz CT molecular complexity index is 941. The Balaban J connectivity index is 1.59. The van der Waals surface area contributed by atoms with Crippen molar-refractivity contribution in [2.45, 2.75) is 26.3 Å². The molecule has 0 aliphatic rings. The van der Waals surface area contributed by atoms with Crippen molar-refractivity contribution in [3.05, 3.63) is 69.8 Å². The van der Waals surface area contributed by atoms with Crippen LogP contribution in [0.1, 0.15) is 41.5 Å². The number of hydrogen-bond acceptors (Lipinski definition) is 4. The van der Waals surface area contributed by atoms with E-state index in [4.69, 9.17) is 4.74 Å². The number of ether oxygens (including phenoxy) is 1. The topological polar surface area (TPSA) is 79.9 Å². The number of pyridine rings is 1. The maximum atomic E-state index is 13.2. The van der Waals surface area contributed by atoms with Gasteiger partial charge in [0.05, 0.1) is 10.2 Å². The molecule has 0 saturated heterocycles. The number of aromatic nitrogens is 3. The molecule has 0 saturated carbocycles. The zero-order valence-electron chi connectivity index (χ0n) is 14.8. The van der Waals surface area contributed by atoms with Gasteiger partial charge in [-0.3, -0.25) is 9.89 Å². The first-order valence-corrected chi connectivity index (χ1v) is 9.13. The summed E-state index contributed by atoms with van der Waals surface area (Å²) in [5, 5.41) is 9.74. The minimum absolute atomic E-state index is 0.225. The van der Waals surface area contributed by atoms with E-state index in [1.165, 1.54) is 12.1 Å². The first-order chi connectivity index (χ1) is 12.9. The van der Waals surface area contributed by atoms with Crippen LogP contribution in [-0.4, -0.2) is 21.1 Å². The fourth-order valence-corrected chi connectivity index (χ4v) is 3.18. The van der Waals surface area contributed by atoms with E-state index in [-0.39, 0.29) is 17.6 Å². The van der Waals surface area contributed by atoms with Gasteiger partial charge in [-0.05, 0) is 39.5 Å².